The summed E-state index contributed by atoms with van der Waals surface area (Å²) < 4.78 is 0. The molecule has 2 N–H and O–H groups in total. The molecule has 0 aliphatic carbocycles. The monoisotopic (exact) mass is 139 g/mol. The molecule has 0 amide bonds. The summed E-state index contributed by atoms with van der Waals surface area (Å²) in [6.07, 6.45) is 6.16. The van der Waals surface area contributed by atoms with E-state index in [9.17, 15) is 0 Å². The van der Waals surface area contributed by atoms with E-state index >= 15 is 0 Å². The Morgan fingerprint density at radius 3 is 2.70 bits per heavy atom. The van der Waals surface area contributed by atoms with Crippen molar-refractivity contribution in [2.75, 3.05) is 20.6 Å². The third kappa shape index (κ3) is 1.51. The average Bonchev–Trinajstić information content (AvgIpc) is 2.05. The van der Waals surface area contributed by atoms with Gasteiger partial charge in [0.2, 0.25) is 0 Å². The standard InChI is InChI=1S/C7H13N3/c1-8-7-3-5-10(9-2)6-4-7/h3-5,8-9H,6H2,1-2H3. The van der Waals surface area contributed by atoms with Gasteiger partial charge in [-0.1, -0.05) is 0 Å². The molecular weight excluding hydrogens is 126 g/mol. The fourth-order valence-electron chi connectivity index (χ4n) is 0.847. The molecule has 0 aromatic heterocycles. The lowest BCUT2D eigenvalue weighted by molar-refractivity contribution is 0.325. The van der Waals surface area contributed by atoms with Crippen molar-refractivity contribution in [2.24, 2.45) is 0 Å². The van der Waals surface area contributed by atoms with Crippen LogP contribution in [0.4, 0.5) is 0 Å². The van der Waals surface area contributed by atoms with Gasteiger partial charge in [-0.05, 0) is 12.2 Å². The van der Waals surface area contributed by atoms with Gasteiger partial charge in [0.25, 0.3) is 0 Å². The minimum absolute atomic E-state index is 0.920. The minimum atomic E-state index is 0.920. The normalized spacial score (nSPS) is 17.0. The second-order valence-corrected chi connectivity index (χ2v) is 2.10. The van der Waals surface area contributed by atoms with E-state index in [1.54, 1.807) is 0 Å². The van der Waals surface area contributed by atoms with Crippen LogP contribution < -0.4 is 10.7 Å². The molecule has 0 spiro atoms. The number of nitrogens with one attached hydrogen (secondary N) is 2. The molecule has 0 aromatic rings. The third-order valence-corrected chi connectivity index (χ3v) is 1.52. The summed E-state index contributed by atoms with van der Waals surface area (Å²) in [5, 5.41) is 5.07. The molecule has 0 saturated carbocycles. The number of hydrazine groups is 1. The number of hydrogen-bond donors (Lipinski definition) is 2. The molecule has 0 atom stereocenters. The van der Waals surface area contributed by atoms with E-state index in [4.69, 9.17) is 0 Å². The second-order valence-electron chi connectivity index (χ2n) is 2.10. The van der Waals surface area contributed by atoms with Crippen LogP contribution in [0.3, 0.4) is 0 Å². The SMILES string of the molecule is CNC1=CCN(NC)C=C1. The minimum Gasteiger partial charge on any atom is -0.388 e. The van der Waals surface area contributed by atoms with Crippen LogP contribution in [0.1, 0.15) is 0 Å². The van der Waals surface area contributed by atoms with E-state index in [1.807, 2.05) is 31.4 Å². The van der Waals surface area contributed by atoms with Crippen molar-refractivity contribution in [3.8, 4) is 0 Å². The van der Waals surface area contributed by atoms with Gasteiger partial charge in [-0.3, -0.25) is 0 Å². The van der Waals surface area contributed by atoms with Crippen LogP contribution in [0.25, 0.3) is 0 Å². The topological polar surface area (TPSA) is 27.3 Å². The summed E-state index contributed by atoms with van der Waals surface area (Å²) in [6.45, 7) is 0.920. The lowest BCUT2D eigenvalue weighted by Gasteiger charge is -2.20. The van der Waals surface area contributed by atoms with Gasteiger partial charge in [-0.15, -0.1) is 0 Å². The Morgan fingerprint density at radius 1 is 1.50 bits per heavy atom. The van der Waals surface area contributed by atoms with Crippen molar-refractivity contribution in [2.45, 2.75) is 0 Å². The molecule has 0 aromatic carbocycles. The van der Waals surface area contributed by atoms with Crippen molar-refractivity contribution in [1.82, 2.24) is 15.8 Å². The number of hydrogen-bond acceptors (Lipinski definition) is 3. The molecular formula is C7H13N3. The number of nitrogens with zero attached hydrogens (tertiary/aromatic N) is 1. The highest BCUT2D eigenvalue weighted by atomic mass is 15.5. The third-order valence-electron chi connectivity index (χ3n) is 1.52. The van der Waals surface area contributed by atoms with Crippen molar-refractivity contribution < 1.29 is 0 Å². The van der Waals surface area contributed by atoms with E-state index in [0.717, 1.165) is 6.54 Å². The highest BCUT2D eigenvalue weighted by molar-refractivity contribution is 5.19. The maximum atomic E-state index is 3.07. The molecule has 1 rings (SSSR count). The Hall–Kier alpha value is -0.960. The Kier molecular flexibility index (Phi) is 2.34. The van der Waals surface area contributed by atoms with Gasteiger partial charge in [0.1, 0.15) is 0 Å². The Morgan fingerprint density at radius 2 is 2.30 bits per heavy atom. The number of likely N-dealkylation sites (N-methyl/N-ethyl adjacent to an activating group) is 1. The lowest BCUT2D eigenvalue weighted by Crippen LogP contribution is -2.32. The lowest BCUT2D eigenvalue weighted by atomic mass is 10.3. The van der Waals surface area contributed by atoms with E-state index in [0.29, 0.717) is 0 Å². The summed E-state index contributed by atoms with van der Waals surface area (Å²) in [5.74, 6) is 0. The first-order valence-corrected chi connectivity index (χ1v) is 3.37. The maximum Gasteiger partial charge on any atom is 0.0541 e. The van der Waals surface area contributed by atoms with Gasteiger partial charge in [0.05, 0.1) is 6.54 Å². The van der Waals surface area contributed by atoms with Crippen LogP contribution >= 0.6 is 0 Å². The van der Waals surface area contributed by atoms with Gasteiger partial charge in [-0.25, -0.2) is 5.43 Å². The molecule has 1 aliphatic rings. The largest absolute Gasteiger partial charge is 0.388 e. The van der Waals surface area contributed by atoms with Crippen molar-refractivity contribution in [1.29, 1.82) is 0 Å². The zero-order valence-electron chi connectivity index (χ0n) is 6.39. The van der Waals surface area contributed by atoms with Crippen LogP contribution in [0.2, 0.25) is 0 Å². The predicted octanol–water partition coefficient (Wildman–Crippen LogP) is 0.0534. The van der Waals surface area contributed by atoms with Crippen LogP contribution in [0.5, 0.6) is 0 Å². The van der Waals surface area contributed by atoms with Gasteiger partial charge in [-0.2, -0.15) is 0 Å². The van der Waals surface area contributed by atoms with E-state index in [-0.39, 0.29) is 0 Å². The van der Waals surface area contributed by atoms with Crippen molar-refractivity contribution in [3.05, 3.63) is 24.0 Å². The highest BCUT2D eigenvalue weighted by Crippen LogP contribution is 1.99. The molecule has 1 heterocycles. The fraction of sp³-hybridized carbons (Fsp3) is 0.429. The van der Waals surface area contributed by atoms with E-state index in [1.165, 1.54) is 5.70 Å². The molecule has 0 fully saturated rings. The van der Waals surface area contributed by atoms with Gasteiger partial charge in [0.15, 0.2) is 0 Å². The fourth-order valence-corrected chi connectivity index (χ4v) is 0.847. The summed E-state index contributed by atoms with van der Waals surface area (Å²) in [7, 11) is 3.83. The molecule has 1 aliphatic heterocycles. The maximum absolute atomic E-state index is 3.07. The molecule has 56 valence electrons. The summed E-state index contributed by atoms with van der Waals surface area (Å²) >= 11 is 0. The molecule has 0 saturated heterocycles. The quantitative estimate of drug-likeness (QED) is 0.566. The van der Waals surface area contributed by atoms with Crippen molar-refractivity contribution in [3.63, 3.8) is 0 Å². The Labute approximate surface area is 61.4 Å². The number of rotatable bonds is 2. The molecule has 0 bridgehead atoms. The summed E-state index contributed by atoms with van der Waals surface area (Å²) in [4.78, 5) is 0. The zero-order valence-corrected chi connectivity index (χ0v) is 6.39. The summed E-state index contributed by atoms with van der Waals surface area (Å²) in [6, 6.07) is 0. The van der Waals surface area contributed by atoms with Crippen LogP contribution in [0.15, 0.2) is 24.0 Å². The molecule has 3 nitrogen and oxygen atoms in total. The molecule has 10 heavy (non-hydrogen) atoms. The first-order chi connectivity index (χ1) is 4.86. The van der Waals surface area contributed by atoms with E-state index < -0.39 is 0 Å². The Bertz CT molecular complexity index is 160. The molecule has 0 radical (unpaired) electrons. The molecule has 0 unspecified atom stereocenters. The van der Waals surface area contributed by atoms with E-state index in [2.05, 4.69) is 16.8 Å². The van der Waals surface area contributed by atoms with Gasteiger partial charge < -0.3 is 10.3 Å². The second kappa shape index (κ2) is 3.27. The van der Waals surface area contributed by atoms with Gasteiger partial charge >= 0.3 is 0 Å². The number of allylic oxidation sites excluding steroid dienone is 1. The van der Waals surface area contributed by atoms with Crippen LogP contribution in [0, 0.1) is 0 Å². The predicted molar refractivity (Wildman–Crippen MR) is 42.0 cm³/mol. The first-order valence-electron chi connectivity index (χ1n) is 3.37. The van der Waals surface area contributed by atoms with Crippen LogP contribution in [-0.4, -0.2) is 25.6 Å². The molecule has 3 heteroatoms. The smallest absolute Gasteiger partial charge is 0.0541 e. The average molecular weight is 139 g/mol. The first kappa shape index (κ1) is 7.15. The van der Waals surface area contributed by atoms with Crippen molar-refractivity contribution >= 4 is 0 Å². The zero-order chi connectivity index (χ0) is 7.40. The Balaban J connectivity index is 2.46. The van der Waals surface area contributed by atoms with Crippen LogP contribution in [-0.2, 0) is 0 Å². The van der Waals surface area contributed by atoms with Gasteiger partial charge in [0, 0.05) is 26.0 Å². The highest BCUT2D eigenvalue weighted by Gasteiger charge is 1.98. The summed E-state index contributed by atoms with van der Waals surface area (Å²) in [5.41, 5.74) is 4.20.